The van der Waals surface area contributed by atoms with Crippen molar-refractivity contribution in [3.63, 3.8) is 0 Å². The molecule has 1 saturated carbocycles. The second kappa shape index (κ2) is 11.2. The summed E-state index contributed by atoms with van der Waals surface area (Å²) in [6, 6.07) is 9.60. The number of carbonyl (C=O) groups is 2. The molecule has 0 spiro atoms. The molecule has 1 amide bonds. The van der Waals surface area contributed by atoms with Gasteiger partial charge in [-0.2, -0.15) is 0 Å². The molecular weight excluding hydrogens is 477 g/mol. The number of nitrogens with one attached hydrogen (secondary N) is 1. The molecule has 1 aliphatic carbocycles. The van der Waals surface area contributed by atoms with E-state index in [-0.39, 0.29) is 17.3 Å². The van der Waals surface area contributed by atoms with E-state index >= 15 is 0 Å². The number of hydrogen-bond acceptors (Lipinski definition) is 6. The number of aromatic nitrogens is 4. The standard InChI is InChI=1S/C27H28FN5O4/c1-16-18(12-13-19-8-4-5-10-21(19)26(34)35)14-15-23(29-16)24-25(33(3)32-31-24)30-27(36)37-17(2)20-9-6-7-11-22(20)28/h6-7,9,11,14-15,17,19,21H,4-5,8,10H2,1-3H3,(H,30,36)(H,34,35)/t17-,19+,21-/m1/s1. The molecule has 1 fully saturated rings. The molecule has 0 saturated heterocycles. The van der Waals surface area contributed by atoms with Crippen LogP contribution in [0.15, 0.2) is 36.4 Å². The Morgan fingerprint density at radius 1 is 1.22 bits per heavy atom. The number of nitrogens with zero attached hydrogens (tertiary/aromatic N) is 4. The zero-order chi connectivity index (χ0) is 26.5. The summed E-state index contributed by atoms with van der Waals surface area (Å²) in [5.41, 5.74) is 2.39. The van der Waals surface area contributed by atoms with Crippen molar-refractivity contribution in [2.75, 3.05) is 5.32 Å². The van der Waals surface area contributed by atoms with Crippen molar-refractivity contribution >= 4 is 17.9 Å². The van der Waals surface area contributed by atoms with Crippen LogP contribution in [0.1, 0.15) is 55.5 Å². The van der Waals surface area contributed by atoms with Crippen LogP contribution < -0.4 is 5.32 Å². The van der Waals surface area contributed by atoms with E-state index in [0.29, 0.717) is 29.1 Å². The van der Waals surface area contributed by atoms with E-state index in [2.05, 4.69) is 32.5 Å². The van der Waals surface area contributed by atoms with Crippen LogP contribution in [0, 0.1) is 36.4 Å². The summed E-state index contributed by atoms with van der Waals surface area (Å²) in [6.45, 7) is 3.38. The molecule has 0 bridgehead atoms. The number of carbonyl (C=O) groups excluding carboxylic acids is 1. The van der Waals surface area contributed by atoms with Gasteiger partial charge in [0.1, 0.15) is 11.9 Å². The molecule has 1 aliphatic rings. The lowest BCUT2D eigenvalue weighted by molar-refractivity contribution is -0.143. The van der Waals surface area contributed by atoms with Crippen LogP contribution in [0.2, 0.25) is 0 Å². The molecule has 9 nitrogen and oxygen atoms in total. The highest BCUT2D eigenvalue weighted by Crippen LogP contribution is 2.30. The third-order valence-electron chi connectivity index (χ3n) is 6.48. The predicted octanol–water partition coefficient (Wildman–Crippen LogP) is 4.88. The maximum Gasteiger partial charge on any atom is 0.413 e. The Morgan fingerprint density at radius 2 is 1.97 bits per heavy atom. The molecule has 0 aliphatic heterocycles. The SMILES string of the molecule is Cc1nc(-c2nnn(C)c2NC(=O)O[C@H](C)c2ccccc2F)ccc1C#C[C@@H]1CCCC[C@H]1C(=O)O. The van der Waals surface area contributed by atoms with Crippen LogP contribution in [-0.4, -0.2) is 37.1 Å². The average molecular weight is 506 g/mol. The Bertz CT molecular complexity index is 1380. The Hall–Kier alpha value is -4.26. The molecular formula is C27H28FN5O4. The van der Waals surface area contributed by atoms with Gasteiger partial charge in [0.25, 0.3) is 0 Å². The van der Waals surface area contributed by atoms with Crippen molar-refractivity contribution in [1.82, 2.24) is 20.0 Å². The number of rotatable bonds is 5. The Labute approximate surface area is 214 Å². The minimum absolute atomic E-state index is 0.182. The van der Waals surface area contributed by atoms with Crippen LogP contribution in [0.25, 0.3) is 11.4 Å². The number of anilines is 1. The van der Waals surface area contributed by atoms with E-state index in [4.69, 9.17) is 4.74 Å². The van der Waals surface area contributed by atoms with Crippen molar-refractivity contribution in [2.24, 2.45) is 18.9 Å². The lowest BCUT2D eigenvalue weighted by atomic mass is 9.79. The van der Waals surface area contributed by atoms with Gasteiger partial charge < -0.3 is 9.84 Å². The smallest absolute Gasteiger partial charge is 0.413 e. The van der Waals surface area contributed by atoms with Crippen LogP contribution in [0.5, 0.6) is 0 Å². The number of amides is 1. The van der Waals surface area contributed by atoms with Crippen LogP contribution in [0.3, 0.4) is 0 Å². The highest BCUT2D eigenvalue weighted by molar-refractivity contribution is 5.88. The van der Waals surface area contributed by atoms with Crippen molar-refractivity contribution in [1.29, 1.82) is 0 Å². The first kappa shape index (κ1) is 25.8. The zero-order valence-corrected chi connectivity index (χ0v) is 20.9. The summed E-state index contributed by atoms with van der Waals surface area (Å²) in [7, 11) is 1.61. The molecule has 2 heterocycles. The van der Waals surface area contributed by atoms with E-state index in [1.807, 2.05) is 0 Å². The minimum Gasteiger partial charge on any atom is -0.481 e. The maximum absolute atomic E-state index is 14.0. The highest BCUT2D eigenvalue weighted by Gasteiger charge is 2.29. The van der Waals surface area contributed by atoms with Gasteiger partial charge in [0.2, 0.25) is 0 Å². The van der Waals surface area contributed by atoms with Crippen molar-refractivity contribution in [2.45, 2.75) is 45.6 Å². The number of aryl methyl sites for hydroxylation is 2. The number of hydrogen-bond donors (Lipinski definition) is 2. The summed E-state index contributed by atoms with van der Waals surface area (Å²) in [4.78, 5) is 28.7. The summed E-state index contributed by atoms with van der Waals surface area (Å²) in [6.07, 6.45) is 1.71. The normalized spacial score (nSPS) is 17.8. The van der Waals surface area contributed by atoms with Gasteiger partial charge >= 0.3 is 12.1 Å². The molecule has 1 aromatic carbocycles. The number of ether oxygens (including phenoxy) is 1. The van der Waals surface area contributed by atoms with E-state index < -0.39 is 29.9 Å². The summed E-state index contributed by atoms with van der Waals surface area (Å²) in [5, 5.41) is 20.2. The number of aliphatic carboxylic acids is 1. The molecule has 2 N–H and O–H groups in total. The molecule has 2 aromatic heterocycles. The van der Waals surface area contributed by atoms with Gasteiger partial charge in [0, 0.05) is 24.1 Å². The fraction of sp³-hybridized carbons (Fsp3) is 0.370. The van der Waals surface area contributed by atoms with Gasteiger partial charge in [-0.15, -0.1) is 5.10 Å². The number of halogens is 1. The van der Waals surface area contributed by atoms with E-state index in [9.17, 15) is 19.1 Å². The first-order chi connectivity index (χ1) is 17.7. The Kier molecular flexibility index (Phi) is 7.82. The molecule has 192 valence electrons. The fourth-order valence-electron chi connectivity index (χ4n) is 4.42. The first-order valence-corrected chi connectivity index (χ1v) is 12.1. The van der Waals surface area contributed by atoms with Gasteiger partial charge in [-0.3, -0.25) is 10.1 Å². The quantitative estimate of drug-likeness (QED) is 0.475. The number of benzene rings is 1. The minimum atomic E-state index is -0.811. The fourth-order valence-corrected chi connectivity index (χ4v) is 4.42. The monoisotopic (exact) mass is 505 g/mol. The molecule has 3 atom stereocenters. The highest BCUT2D eigenvalue weighted by atomic mass is 19.1. The summed E-state index contributed by atoms with van der Waals surface area (Å²) >= 11 is 0. The second-order valence-electron chi connectivity index (χ2n) is 9.04. The third-order valence-corrected chi connectivity index (χ3v) is 6.48. The van der Waals surface area contributed by atoms with E-state index in [1.165, 1.54) is 10.7 Å². The van der Waals surface area contributed by atoms with Gasteiger partial charge in [0.05, 0.1) is 17.3 Å². The van der Waals surface area contributed by atoms with Crippen molar-refractivity contribution < 1.29 is 23.8 Å². The van der Waals surface area contributed by atoms with E-state index in [0.717, 1.165) is 19.3 Å². The average Bonchev–Trinajstić information content (AvgIpc) is 3.23. The lowest BCUT2D eigenvalue weighted by Gasteiger charge is -2.24. The first-order valence-electron chi connectivity index (χ1n) is 12.1. The van der Waals surface area contributed by atoms with Crippen molar-refractivity contribution in [3.8, 4) is 23.2 Å². The molecule has 0 unspecified atom stereocenters. The van der Waals surface area contributed by atoms with E-state index in [1.54, 1.807) is 51.2 Å². The van der Waals surface area contributed by atoms with Gasteiger partial charge in [0.15, 0.2) is 11.5 Å². The Morgan fingerprint density at radius 3 is 2.70 bits per heavy atom. The number of carboxylic acid groups (broad SMARTS) is 1. The van der Waals surface area contributed by atoms with Crippen LogP contribution in [0.4, 0.5) is 15.0 Å². The number of carboxylic acids is 1. The number of pyridine rings is 1. The van der Waals surface area contributed by atoms with Gasteiger partial charge in [-0.25, -0.2) is 18.9 Å². The van der Waals surface area contributed by atoms with Gasteiger partial charge in [-0.1, -0.05) is 48.1 Å². The molecule has 37 heavy (non-hydrogen) atoms. The second-order valence-corrected chi connectivity index (χ2v) is 9.04. The lowest BCUT2D eigenvalue weighted by Crippen LogP contribution is -2.25. The molecule has 10 heteroatoms. The molecule has 4 rings (SSSR count). The largest absolute Gasteiger partial charge is 0.481 e. The van der Waals surface area contributed by atoms with Crippen molar-refractivity contribution in [3.05, 3.63) is 59.0 Å². The summed E-state index contributed by atoms with van der Waals surface area (Å²) in [5.74, 6) is 4.63. The molecule has 3 aromatic rings. The topological polar surface area (TPSA) is 119 Å². The zero-order valence-electron chi connectivity index (χ0n) is 20.9. The van der Waals surface area contributed by atoms with Crippen LogP contribution in [-0.2, 0) is 16.6 Å². The van der Waals surface area contributed by atoms with Gasteiger partial charge in [-0.05, 0) is 44.9 Å². The third kappa shape index (κ3) is 5.94. The maximum atomic E-state index is 14.0. The molecule has 0 radical (unpaired) electrons. The predicted molar refractivity (Wildman–Crippen MR) is 134 cm³/mol. The van der Waals surface area contributed by atoms with Crippen LogP contribution >= 0.6 is 0 Å². The summed E-state index contributed by atoms with van der Waals surface area (Å²) < 4.78 is 20.8. The Balaban J connectivity index is 1.50.